The van der Waals surface area contributed by atoms with Gasteiger partial charge in [0.25, 0.3) is 0 Å². The van der Waals surface area contributed by atoms with Gasteiger partial charge in [0.1, 0.15) is 0 Å². The molecule has 0 radical (unpaired) electrons. The molecule has 0 bridgehead atoms. The van der Waals surface area contributed by atoms with Crippen LogP contribution in [0.2, 0.25) is 0 Å². The number of nitriles is 1. The van der Waals surface area contributed by atoms with Gasteiger partial charge in [-0.05, 0) is 36.8 Å². The Morgan fingerprint density at radius 3 is 2.85 bits per heavy atom. The summed E-state index contributed by atoms with van der Waals surface area (Å²) in [5, 5.41) is 12.2. The molecule has 0 unspecified atom stereocenters. The van der Waals surface area contributed by atoms with Crippen LogP contribution < -0.4 is 10.2 Å². The third kappa shape index (κ3) is 3.86. The summed E-state index contributed by atoms with van der Waals surface area (Å²) < 4.78 is 0. The summed E-state index contributed by atoms with van der Waals surface area (Å²) in [7, 11) is 0. The second-order valence-corrected chi connectivity index (χ2v) is 6.24. The van der Waals surface area contributed by atoms with Crippen LogP contribution in [0.5, 0.6) is 0 Å². The van der Waals surface area contributed by atoms with Crippen LogP contribution in [0.15, 0.2) is 18.3 Å². The van der Waals surface area contributed by atoms with E-state index < -0.39 is 0 Å². The van der Waals surface area contributed by atoms with Crippen molar-refractivity contribution < 1.29 is 0 Å². The van der Waals surface area contributed by atoms with Crippen molar-refractivity contribution in [3.63, 3.8) is 0 Å². The lowest BCUT2D eigenvalue weighted by molar-refractivity contribution is 0.364. The second-order valence-electron chi connectivity index (χ2n) is 6.24. The van der Waals surface area contributed by atoms with Gasteiger partial charge in [-0.3, -0.25) is 0 Å². The molecule has 1 aromatic heterocycles. The Hall–Kier alpha value is -1.76. The molecule has 1 fully saturated rings. The molecule has 0 amide bonds. The third-order valence-electron chi connectivity index (χ3n) is 3.86. The quantitative estimate of drug-likeness (QED) is 0.862. The van der Waals surface area contributed by atoms with Crippen LogP contribution in [0.1, 0.15) is 39.5 Å². The number of aromatic nitrogens is 1. The lowest BCUT2D eigenvalue weighted by Crippen LogP contribution is -2.25. The Morgan fingerprint density at radius 1 is 1.40 bits per heavy atom. The average Bonchev–Trinajstić information content (AvgIpc) is 2.97. The van der Waals surface area contributed by atoms with E-state index in [2.05, 4.69) is 41.2 Å². The van der Waals surface area contributed by atoms with Crippen LogP contribution >= 0.6 is 0 Å². The van der Waals surface area contributed by atoms with Gasteiger partial charge in [-0.1, -0.05) is 13.8 Å². The van der Waals surface area contributed by atoms with Gasteiger partial charge in [0.15, 0.2) is 5.82 Å². The normalized spacial score (nSPS) is 15.2. The topological polar surface area (TPSA) is 52.0 Å². The van der Waals surface area contributed by atoms with Gasteiger partial charge in [-0.25, -0.2) is 4.98 Å². The molecule has 1 aromatic rings. The molecule has 0 spiro atoms. The van der Waals surface area contributed by atoms with Crippen molar-refractivity contribution in [3.8, 4) is 6.07 Å². The molecule has 20 heavy (non-hydrogen) atoms. The van der Waals surface area contributed by atoms with Crippen molar-refractivity contribution in [2.45, 2.75) is 39.5 Å². The molecule has 0 aromatic carbocycles. The van der Waals surface area contributed by atoms with Crippen molar-refractivity contribution in [2.24, 2.45) is 5.41 Å². The minimum absolute atomic E-state index is 0.119. The molecule has 108 valence electrons. The van der Waals surface area contributed by atoms with Crippen molar-refractivity contribution in [3.05, 3.63) is 18.3 Å². The highest BCUT2D eigenvalue weighted by Crippen LogP contribution is 2.28. The number of nitrogens with zero attached hydrogens (tertiary/aromatic N) is 3. The first-order valence-electron chi connectivity index (χ1n) is 7.43. The Balaban J connectivity index is 2.00. The van der Waals surface area contributed by atoms with E-state index in [1.807, 2.05) is 12.3 Å². The van der Waals surface area contributed by atoms with E-state index in [0.29, 0.717) is 6.42 Å². The standard InChI is InChI=1S/C16H24N4/c1-16(2,8-6-9-17)13-19-14-7-5-10-18-15(14)20-11-3-4-12-20/h5,7,10,19H,3-4,6,8,11-13H2,1-2H3. The molecule has 4 nitrogen and oxygen atoms in total. The molecular formula is C16H24N4. The smallest absolute Gasteiger partial charge is 0.151 e. The summed E-state index contributed by atoms with van der Waals surface area (Å²) >= 11 is 0. The van der Waals surface area contributed by atoms with Crippen LogP contribution in [0.3, 0.4) is 0 Å². The second kappa shape index (κ2) is 6.60. The summed E-state index contributed by atoms with van der Waals surface area (Å²) in [5.41, 5.74) is 1.23. The zero-order valence-corrected chi connectivity index (χ0v) is 12.5. The average molecular weight is 272 g/mol. The fourth-order valence-electron chi connectivity index (χ4n) is 2.53. The van der Waals surface area contributed by atoms with Crippen molar-refractivity contribution in [1.29, 1.82) is 5.26 Å². The van der Waals surface area contributed by atoms with Crippen LogP contribution in [-0.4, -0.2) is 24.6 Å². The highest BCUT2D eigenvalue weighted by molar-refractivity contribution is 5.65. The summed E-state index contributed by atoms with van der Waals surface area (Å²) in [6, 6.07) is 6.30. The summed E-state index contributed by atoms with van der Waals surface area (Å²) in [4.78, 5) is 6.89. The van der Waals surface area contributed by atoms with E-state index in [1.165, 1.54) is 12.8 Å². The molecule has 1 saturated heterocycles. The van der Waals surface area contributed by atoms with Gasteiger partial charge in [0.05, 0.1) is 11.8 Å². The minimum Gasteiger partial charge on any atom is -0.382 e. The summed E-state index contributed by atoms with van der Waals surface area (Å²) in [6.07, 6.45) is 5.89. The SMILES string of the molecule is CC(C)(CCC#N)CNc1cccnc1N1CCCC1. The van der Waals surface area contributed by atoms with Gasteiger partial charge < -0.3 is 10.2 Å². The molecule has 1 N–H and O–H groups in total. The first-order chi connectivity index (χ1) is 9.62. The third-order valence-corrected chi connectivity index (χ3v) is 3.86. The van der Waals surface area contributed by atoms with Gasteiger partial charge in [-0.15, -0.1) is 0 Å². The molecule has 1 aliphatic rings. The monoisotopic (exact) mass is 272 g/mol. The lowest BCUT2D eigenvalue weighted by Gasteiger charge is -2.26. The highest BCUT2D eigenvalue weighted by Gasteiger charge is 2.20. The molecule has 0 aliphatic carbocycles. The summed E-state index contributed by atoms with van der Waals surface area (Å²) in [5.74, 6) is 1.07. The first kappa shape index (κ1) is 14.6. The summed E-state index contributed by atoms with van der Waals surface area (Å²) in [6.45, 7) is 7.46. The Labute approximate surface area is 121 Å². The van der Waals surface area contributed by atoms with Crippen LogP contribution in [0.4, 0.5) is 11.5 Å². The maximum absolute atomic E-state index is 8.72. The Morgan fingerprint density at radius 2 is 2.15 bits per heavy atom. The number of hydrogen-bond donors (Lipinski definition) is 1. The maximum Gasteiger partial charge on any atom is 0.151 e. The van der Waals surface area contributed by atoms with Crippen molar-refractivity contribution >= 4 is 11.5 Å². The van der Waals surface area contributed by atoms with E-state index in [4.69, 9.17) is 5.26 Å². The number of nitrogens with one attached hydrogen (secondary N) is 1. The molecule has 2 heterocycles. The fraction of sp³-hybridized carbons (Fsp3) is 0.625. The Kier molecular flexibility index (Phi) is 4.84. The molecular weight excluding hydrogens is 248 g/mol. The number of anilines is 2. The zero-order chi connectivity index (χ0) is 14.4. The van der Waals surface area contributed by atoms with Gasteiger partial charge in [-0.2, -0.15) is 5.26 Å². The van der Waals surface area contributed by atoms with Gasteiger partial charge in [0.2, 0.25) is 0 Å². The lowest BCUT2D eigenvalue weighted by atomic mass is 9.88. The fourth-order valence-corrected chi connectivity index (χ4v) is 2.53. The molecule has 0 saturated carbocycles. The van der Waals surface area contributed by atoms with E-state index in [-0.39, 0.29) is 5.41 Å². The van der Waals surface area contributed by atoms with Crippen LogP contribution in [0, 0.1) is 16.7 Å². The van der Waals surface area contributed by atoms with E-state index >= 15 is 0 Å². The van der Waals surface area contributed by atoms with Gasteiger partial charge >= 0.3 is 0 Å². The van der Waals surface area contributed by atoms with Crippen LogP contribution in [-0.2, 0) is 0 Å². The first-order valence-corrected chi connectivity index (χ1v) is 7.43. The molecule has 4 heteroatoms. The van der Waals surface area contributed by atoms with Crippen molar-refractivity contribution in [1.82, 2.24) is 4.98 Å². The molecule has 1 aliphatic heterocycles. The van der Waals surface area contributed by atoms with Crippen molar-refractivity contribution in [2.75, 3.05) is 29.9 Å². The number of pyridine rings is 1. The minimum atomic E-state index is 0.119. The molecule has 2 rings (SSSR count). The van der Waals surface area contributed by atoms with E-state index in [0.717, 1.165) is 37.6 Å². The Bertz CT molecular complexity index is 470. The number of rotatable bonds is 6. The zero-order valence-electron chi connectivity index (χ0n) is 12.5. The van der Waals surface area contributed by atoms with Crippen LogP contribution in [0.25, 0.3) is 0 Å². The predicted octanol–water partition coefficient (Wildman–Crippen LogP) is 3.42. The molecule has 0 atom stereocenters. The largest absolute Gasteiger partial charge is 0.382 e. The highest BCUT2D eigenvalue weighted by atomic mass is 15.2. The van der Waals surface area contributed by atoms with Gasteiger partial charge in [0, 0.05) is 32.3 Å². The predicted molar refractivity (Wildman–Crippen MR) is 82.8 cm³/mol. The van der Waals surface area contributed by atoms with E-state index in [1.54, 1.807) is 0 Å². The van der Waals surface area contributed by atoms with E-state index in [9.17, 15) is 0 Å². The number of hydrogen-bond acceptors (Lipinski definition) is 4. The maximum atomic E-state index is 8.72.